The summed E-state index contributed by atoms with van der Waals surface area (Å²) in [6.45, 7) is 2.70. The smallest absolute Gasteiger partial charge is 0.238 e. The van der Waals surface area contributed by atoms with Crippen LogP contribution in [0.3, 0.4) is 0 Å². The Hall–Kier alpha value is -1.93. The van der Waals surface area contributed by atoms with Gasteiger partial charge in [0.15, 0.2) is 0 Å². The molecular weight excluding hydrogens is 410 g/mol. The van der Waals surface area contributed by atoms with Crippen molar-refractivity contribution in [2.75, 3.05) is 19.6 Å². The topological polar surface area (TPSA) is 101 Å². The highest BCUT2D eigenvalue weighted by Gasteiger charge is 2.14. The van der Waals surface area contributed by atoms with E-state index in [1.54, 1.807) is 12.1 Å². The maximum atomic E-state index is 12.1. The Labute approximate surface area is 178 Å². The van der Waals surface area contributed by atoms with Gasteiger partial charge in [-0.15, -0.1) is 12.4 Å². The molecule has 6 nitrogen and oxygen atoms in total. The SMILES string of the molecule is Cl.NS(=O)(=O)c1ccc(CCNC(=O)Cc2ccc(CC3CCNC3)cc2)cc1. The number of benzene rings is 2. The van der Waals surface area contributed by atoms with Crippen LogP contribution in [0.4, 0.5) is 0 Å². The predicted octanol–water partition coefficient (Wildman–Crippen LogP) is 1.81. The quantitative estimate of drug-likeness (QED) is 0.586. The fourth-order valence-corrected chi connectivity index (χ4v) is 3.97. The fraction of sp³-hybridized carbons (Fsp3) is 0.381. The third-order valence-electron chi connectivity index (χ3n) is 5.06. The molecule has 1 unspecified atom stereocenters. The van der Waals surface area contributed by atoms with Crippen LogP contribution in [0, 0.1) is 5.92 Å². The molecule has 4 N–H and O–H groups in total. The number of nitrogens with two attached hydrogens (primary N) is 1. The van der Waals surface area contributed by atoms with Gasteiger partial charge >= 0.3 is 0 Å². The average Bonchev–Trinajstić information content (AvgIpc) is 3.16. The minimum absolute atomic E-state index is 0. The van der Waals surface area contributed by atoms with Crippen LogP contribution < -0.4 is 15.8 Å². The normalized spacial score (nSPS) is 16.2. The minimum Gasteiger partial charge on any atom is -0.355 e. The van der Waals surface area contributed by atoms with Crippen molar-refractivity contribution in [1.29, 1.82) is 0 Å². The number of hydrogen-bond acceptors (Lipinski definition) is 4. The number of amides is 1. The summed E-state index contributed by atoms with van der Waals surface area (Å²) in [4.78, 5) is 12.2. The van der Waals surface area contributed by atoms with Gasteiger partial charge in [-0.3, -0.25) is 4.79 Å². The number of sulfonamides is 1. The van der Waals surface area contributed by atoms with Crippen LogP contribution in [0.25, 0.3) is 0 Å². The summed E-state index contributed by atoms with van der Waals surface area (Å²) in [6.07, 6.45) is 3.30. The Morgan fingerprint density at radius 1 is 1.03 bits per heavy atom. The first-order valence-corrected chi connectivity index (χ1v) is 11.1. The zero-order valence-corrected chi connectivity index (χ0v) is 17.9. The monoisotopic (exact) mass is 437 g/mol. The summed E-state index contributed by atoms with van der Waals surface area (Å²) in [6, 6.07) is 14.7. The Bertz CT molecular complexity index is 894. The van der Waals surface area contributed by atoms with Crippen LogP contribution in [-0.2, 0) is 34.1 Å². The van der Waals surface area contributed by atoms with Crippen LogP contribution >= 0.6 is 12.4 Å². The molecule has 158 valence electrons. The Morgan fingerprint density at radius 2 is 1.66 bits per heavy atom. The average molecular weight is 438 g/mol. The van der Waals surface area contributed by atoms with E-state index in [0.717, 1.165) is 30.6 Å². The van der Waals surface area contributed by atoms with Crippen molar-refractivity contribution in [2.24, 2.45) is 11.1 Å². The maximum absolute atomic E-state index is 12.1. The lowest BCUT2D eigenvalue weighted by Gasteiger charge is -2.09. The third-order valence-corrected chi connectivity index (χ3v) is 5.99. The van der Waals surface area contributed by atoms with Crippen molar-refractivity contribution in [3.8, 4) is 0 Å². The molecule has 1 fully saturated rings. The molecule has 1 saturated heterocycles. The number of rotatable bonds is 8. The predicted molar refractivity (Wildman–Crippen MR) is 117 cm³/mol. The molecular formula is C21H28ClN3O3S. The first-order valence-electron chi connectivity index (χ1n) is 9.57. The van der Waals surface area contributed by atoms with Gasteiger partial charge in [-0.25, -0.2) is 13.6 Å². The van der Waals surface area contributed by atoms with Gasteiger partial charge in [-0.1, -0.05) is 36.4 Å². The standard InChI is InChI=1S/C21H27N3O3S.ClH/c22-28(26,27)20-7-5-16(6-8-20)10-12-24-21(25)14-18-3-1-17(2-4-18)13-19-9-11-23-15-19;/h1-8,19,23H,9-15H2,(H,24,25)(H2,22,26,27);1H. The van der Waals surface area contributed by atoms with Crippen LogP contribution in [0.5, 0.6) is 0 Å². The molecule has 3 rings (SSSR count). The zero-order valence-electron chi connectivity index (χ0n) is 16.3. The van der Waals surface area contributed by atoms with Crippen LogP contribution in [0.1, 0.15) is 23.1 Å². The van der Waals surface area contributed by atoms with E-state index in [4.69, 9.17) is 5.14 Å². The molecule has 0 saturated carbocycles. The Balaban J connectivity index is 0.00000300. The molecule has 0 radical (unpaired) electrons. The van der Waals surface area contributed by atoms with Crippen molar-refractivity contribution in [2.45, 2.75) is 30.6 Å². The molecule has 0 aromatic heterocycles. The molecule has 1 amide bonds. The van der Waals surface area contributed by atoms with Gasteiger partial charge in [-0.2, -0.15) is 0 Å². The van der Waals surface area contributed by atoms with Crippen molar-refractivity contribution < 1.29 is 13.2 Å². The van der Waals surface area contributed by atoms with Crippen molar-refractivity contribution in [3.63, 3.8) is 0 Å². The summed E-state index contributed by atoms with van der Waals surface area (Å²) >= 11 is 0. The van der Waals surface area contributed by atoms with E-state index in [2.05, 4.69) is 22.8 Å². The van der Waals surface area contributed by atoms with Gasteiger partial charge < -0.3 is 10.6 Å². The van der Waals surface area contributed by atoms with E-state index in [1.165, 1.54) is 24.1 Å². The highest BCUT2D eigenvalue weighted by Crippen LogP contribution is 2.16. The number of carbonyl (C=O) groups excluding carboxylic acids is 1. The highest BCUT2D eigenvalue weighted by atomic mass is 35.5. The van der Waals surface area contributed by atoms with Crippen LogP contribution in [0.2, 0.25) is 0 Å². The number of carbonyl (C=O) groups is 1. The third kappa shape index (κ3) is 7.44. The summed E-state index contributed by atoms with van der Waals surface area (Å²) in [5.74, 6) is 0.696. The molecule has 1 heterocycles. The maximum Gasteiger partial charge on any atom is 0.238 e. The van der Waals surface area contributed by atoms with Crippen molar-refractivity contribution >= 4 is 28.3 Å². The lowest BCUT2D eigenvalue weighted by molar-refractivity contribution is -0.120. The number of hydrogen-bond donors (Lipinski definition) is 3. The van der Waals surface area contributed by atoms with Crippen LogP contribution in [-0.4, -0.2) is 34.0 Å². The van der Waals surface area contributed by atoms with E-state index in [-0.39, 0.29) is 23.2 Å². The molecule has 1 atom stereocenters. The number of nitrogens with one attached hydrogen (secondary N) is 2. The summed E-state index contributed by atoms with van der Waals surface area (Å²) in [7, 11) is -3.67. The molecule has 1 aliphatic heterocycles. The zero-order chi connectivity index (χ0) is 20.0. The molecule has 0 aliphatic carbocycles. The second-order valence-corrected chi connectivity index (χ2v) is 8.91. The first-order chi connectivity index (χ1) is 13.4. The molecule has 1 aliphatic rings. The number of halogens is 1. The van der Waals surface area contributed by atoms with E-state index in [9.17, 15) is 13.2 Å². The molecule has 8 heteroatoms. The van der Waals surface area contributed by atoms with Crippen molar-refractivity contribution in [3.05, 3.63) is 65.2 Å². The lowest BCUT2D eigenvalue weighted by atomic mass is 9.97. The van der Waals surface area contributed by atoms with E-state index in [1.807, 2.05) is 12.1 Å². The lowest BCUT2D eigenvalue weighted by Crippen LogP contribution is -2.27. The van der Waals surface area contributed by atoms with Gasteiger partial charge in [0.2, 0.25) is 15.9 Å². The number of primary sulfonamides is 1. The summed E-state index contributed by atoms with van der Waals surface area (Å²) in [5.41, 5.74) is 3.27. The molecule has 29 heavy (non-hydrogen) atoms. The van der Waals surface area contributed by atoms with Gasteiger partial charge in [0, 0.05) is 6.54 Å². The van der Waals surface area contributed by atoms with Gasteiger partial charge in [-0.05, 0) is 67.1 Å². The summed E-state index contributed by atoms with van der Waals surface area (Å²) < 4.78 is 22.5. The molecule has 2 aromatic rings. The van der Waals surface area contributed by atoms with E-state index in [0.29, 0.717) is 25.3 Å². The molecule has 0 spiro atoms. The van der Waals surface area contributed by atoms with Gasteiger partial charge in [0.25, 0.3) is 0 Å². The summed E-state index contributed by atoms with van der Waals surface area (Å²) in [5, 5.41) is 11.4. The van der Waals surface area contributed by atoms with Gasteiger partial charge in [0.1, 0.15) is 0 Å². The Kier molecular flexibility index (Phi) is 8.64. The fourth-order valence-electron chi connectivity index (χ4n) is 3.46. The second-order valence-electron chi connectivity index (χ2n) is 7.35. The van der Waals surface area contributed by atoms with Crippen LogP contribution in [0.15, 0.2) is 53.4 Å². The van der Waals surface area contributed by atoms with Gasteiger partial charge in [0.05, 0.1) is 11.3 Å². The molecule has 0 bridgehead atoms. The van der Waals surface area contributed by atoms with E-state index < -0.39 is 10.0 Å². The minimum atomic E-state index is -3.67. The van der Waals surface area contributed by atoms with Crippen molar-refractivity contribution in [1.82, 2.24) is 10.6 Å². The highest BCUT2D eigenvalue weighted by molar-refractivity contribution is 7.89. The van der Waals surface area contributed by atoms with E-state index >= 15 is 0 Å². The Morgan fingerprint density at radius 3 is 2.24 bits per heavy atom. The first kappa shape index (κ1) is 23.3. The molecule has 2 aromatic carbocycles. The second kappa shape index (κ2) is 10.7. The largest absolute Gasteiger partial charge is 0.355 e.